The summed E-state index contributed by atoms with van der Waals surface area (Å²) in [7, 11) is 0. The van der Waals surface area contributed by atoms with E-state index < -0.39 is 5.54 Å². The average molecular weight is 379 g/mol. The van der Waals surface area contributed by atoms with Crippen molar-refractivity contribution in [2.24, 2.45) is 10.7 Å². The van der Waals surface area contributed by atoms with E-state index in [4.69, 9.17) is 17.3 Å². The fourth-order valence-electron chi connectivity index (χ4n) is 2.72. The molecule has 5 nitrogen and oxygen atoms in total. The molecule has 0 saturated heterocycles. The number of ketones is 1. The lowest BCUT2D eigenvalue weighted by Crippen LogP contribution is -2.29. The van der Waals surface area contributed by atoms with Gasteiger partial charge in [-0.25, -0.2) is 4.39 Å². The molecule has 2 N–H and O–H groups in total. The maximum absolute atomic E-state index is 14.4. The predicted octanol–water partition coefficient (Wildman–Crippen LogP) is 3.36. The number of hydrogen-bond donors (Lipinski definition) is 1. The lowest BCUT2D eigenvalue weighted by Gasteiger charge is -2.30. The van der Waals surface area contributed by atoms with E-state index in [1.807, 2.05) is 6.92 Å². The summed E-state index contributed by atoms with van der Waals surface area (Å²) in [6.45, 7) is 1.86. The molecule has 1 aliphatic heterocycles. The molecule has 1 aliphatic rings. The molecule has 8 heteroatoms. The van der Waals surface area contributed by atoms with Gasteiger partial charge in [-0.15, -0.1) is 10.2 Å². The number of thioether (sulfide) groups is 1. The summed E-state index contributed by atoms with van der Waals surface area (Å²) >= 11 is 7.14. The number of benzene rings is 1. The molecule has 2 heterocycles. The van der Waals surface area contributed by atoms with E-state index in [1.165, 1.54) is 30.0 Å². The Morgan fingerprint density at radius 3 is 2.84 bits per heavy atom. The van der Waals surface area contributed by atoms with Crippen molar-refractivity contribution >= 4 is 34.3 Å². The van der Waals surface area contributed by atoms with E-state index in [0.29, 0.717) is 22.7 Å². The quantitative estimate of drug-likeness (QED) is 0.825. The molecule has 0 amide bonds. The van der Waals surface area contributed by atoms with E-state index in [9.17, 15) is 9.18 Å². The predicted molar refractivity (Wildman–Crippen MR) is 97.5 cm³/mol. The summed E-state index contributed by atoms with van der Waals surface area (Å²) in [6, 6.07) is 7.67. The molecule has 1 aromatic heterocycles. The zero-order valence-corrected chi connectivity index (χ0v) is 15.1. The van der Waals surface area contributed by atoms with Crippen molar-refractivity contribution in [2.45, 2.75) is 25.3 Å². The molecular formula is C17H16ClFN4OS. The van der Waals surface area contributed by atoms with Crippen LogP contribution in [0.15, 0.2) is 35.3 Å². The van der Waals surface area contributed by atoms with Crippen molar-refractivity contribution in [1.82, 2.24) is 10.2 Å². The highest BCUT2D eigenvalue weighted by atomic mass is 35.5. The highest BCUT2D eigenvalue weighted by Crippen LogP contribution is 2.36. The van der Waals surface area contributed by atoms with Crippen LogP contribution in [0.3, 0.4) is 0 Å². The molecule has 130 valence electrons. The van der Waals surface area contributed by atoms with Gasteiger partial charge in [0.25, 0.3) is 0 Å². The lowest BCUT2D eigenvalue weighted by atomic mass is 9.87. The third kappa shape index (κ3) is 3.99. The molecule has 0 spiro atoms. The van der Waals surface area contributed by atoms with Crippen LogP contribution in [0.2, 0.25) is 5.15 Å². The topological polar surface area (TPSA) is 81.2 Å². The first-order valence-electron chi connectivity index (χ1n) is 7.67. The summed E-state index contributed by atoms with van der Waals surface area (Å²) < 4.78 is 14.4. The largest absolute Gasteiger partial charge is 0.379 e. The van der Waals surface area contributed by atoms with E-state index in [1.54, 1.807) is 12.1 Å². The Labute approximate surface area is 153 Å². The van der Waals surface area contributed by atoms with E-state index in [-0.39, 0.29) is 28.9 Å². The number of carbonyl (C=O) groups is 1. The summed E-state index contributed by atoms with van der Waals surface area (Å²) in [6.07, 6.45) is 0.767. The normalized spacial score (nSPS) is 20.2. The summed E-state index contributed by atoms with van der Waals surface area (Å²) in [5.74, 6) is 0.206. The van der Waals surface area contributed by atoms with Crippen molar-refractivity contribution in [1.29, 1.82) is 0 Å². The minimum Gasteiger partial charge on any atom is -0.379 e. The molecule has 25 heavy (non-hydrogen) atoms. The zero-order chi connectivity index (χ0) is 18.0. The van der Waals surface area contributed by atoms with Crippen molar-refractivity contribution in [3.8, 4) is 0 Å². The van der Waals surface area contributed by atoms with Gasteiger partial charge in [-0.3, -0.25) is 9.79 Å². The van der Waals surface area contributed by atoms with Crippen molar-refractivity contribution in [2.75, 3.05) is 5.75 Å². The molecule has 0 radical (unpaired) electrons. The van der Waals surface area contributed by atoms with Crippen LogP contribution in [0, 0.1) is 5.82 Å². The number of carbonyl (C=O) groups excluding carboxylic acids is 1. The van der Waals surface area contributed by atoms with Crippen LogP contribution in [0.5, 0.6) is 0 Å². The Kier molecular flexibility index (Phi) is 5.06. The number of aliphatic imine (C=N–C) groups is 1. The second kappa shape index (κ2) is 7.09. The highest BCUT2D eigenvalue weighted by molar-refractivity contribution is 8.13. The molecule has 0 aliphatic carbocycles. The molecule has 2 aromatic rings. The highest BCUT2D eigenvalue weighted by Gasteiger charge is 2.32. The second-order valence-corrected chi connectivity index (χ2v) is 7.48. The molecule has 1 atom stereocenters. The standard InChI is InChI=1S/C17H16ClFN4OS/c1-17(6-7-25-16(20)21-17)11-8-10(2-3-12(11)19)9-14(24)13-4-5-15(18)23-22-13/h2-5,8H,6-7,9H2,1H3,(H2,20,21)/t17-/m0/s1. The van der Waals surface area contributed by atoms with Crippen LogP contribution in [0.4, 0.5) is 4.39 Å². The minimum absolute atomic E-state index is 0.0909. The van der Waals surface area contributed by atoms with Gasteiger partial charge in [0.1, 0.15) is 11.5 Å². The lowest BCUT2D eigenvalue weighted by molar-refractivity contribution is 0.0987. The second-order valence-electron chi connectivity index (χ2n) is 5.98. The smallest absolute Gasteiger partial charge is 0.187 e. The van der Waals surface area contributed by atoms with Crippen LogP contribution >= 0.6 is 23.4 Å². The number of nitrogens with two attached hydrogens (primary N) is 1. The third-order valence-corrected chi connectivity index (χ3v) is 5.09. The molecule has 1 aromatic carbocycles. The van der Waals surface area contributed by atoms with Gasteiger partial charge in [0.2, 0.25) is 0 Å². The number of halogens is 2. The molecule has 0 saturated carbocycles. The van der Waals surface area contributed by atoms with Crippen molar-refractivity contribution in [3.63, 3.8) is 0 Å². The van der Waals surface area contributed by atoms with Crippen molar-refractivity contribution < 1.29 is 9.18 Å². The Morgan fingerprint density at radius 2 is 2.16 bits per heavy atom. The van der Waals surface area contributed by atoms with Crippen molar-refractivity contribution in [3.05, 3.63) is 58.1 Å². The summed E-state index contributed by atoms with van der Waals surface area (Å²) in [5.41, 5.74) is 6.45. The van der Waals surface area contributed by atoms with Gasteiger partial charge in [0.05, 0.1) is 5.54 Å². The molecule has 0 unspecified atom stereocenters. The summed E-state index contributed by atoms with van der Waals surface area (Å²) in [5, 5.41) is 8.12. The fourth-order valence-corrected chi connectivity index (χ4v) is 3.79. The minimum atomic E-state index is -0.724. The Hall–Kier alpha value is -1.99. The molecule has 0 bridgehead atoms. The molecular weight excluding hydrogens is 363 g/mol. The first-order chi connectivity index (χ1) is 11.9. The maximum Gasteiger partial charge on any atom is 0.187 e. The number of nitrogens with zero attached hydrogens (tertiary/aromatic N) is 3. The van der Waals surface area contributed by atoms with Crippen LogP contribution in [0.25, 0.3) is 0 Å². The number of hydrogen-bond acceptors (Lipinski definition) is 6. The van der Waals surface area contributed by atoms with Gasteiger partial charge in [-0.05, 0) is 43.2 Å². The van der Waals surface area contributed by atoms with Gasteiger partial charge in [-0.1, -0.05) is 29.4 Å². The Bertz CT molecular complexity index is 843. The SMILES string of the molecule is C[C@@]1(c2cc(CC(=O)c3ccc(Cl)nn3)ccc2F)CCSC(N)=N1. The fraction of sp³-hybridized carbons (Fsp3) is 0.294. The van der Waals surface area contributed by atoms with Gasteiger partial charge in [-0.2, -0.15) is 0 Å². The number of aromatic nitrogens is 2. The Morgan fingerprint density at radius 1 is 1.36 bits per heavy atom. The summed E-state index contributed by atoms with van der Waals surface area (Å²) in [4.78, 5) is 16.8. The van der Waals surface area contributed by atoms with Gasteiger partial charge >= 0.3 is 0 Å². The first-order valence-corrected chi connectivity index (χ1v) is 9.03. The van der Waals surface area contributed by atoms with Crippen LogP contribution in [-0.4, -0.2) is 26.9 Å². The number of amidine groups is 1. The number of Topliss-reactive ketones (excluding diaryl/α,β-unsaturated/α-hetero) is 1. The van der Waals surface area contributed by atoms with E-state index in [0.717, 1.165) is 5.75 Å². The zero-order valence-electron chi connectivity index (χ0n) is 13.5. The number of rotatable bonds is 4. The maximum atomic E-state index is 14.4. The van der Waals surface area contributed by atoms with E-state index in [2.05, 4.69) is 15.2 Å². The molecule has 0 fully saturated rings. The van der Waals surface area contributed by atoms with E-state index >= 15 is 0 Å². The van der Waals surface area contributed by atoms with Gasteiger partial charge < -0.3 is 5.73 Å². The van der Waals surface area contributed by atoms with Gasteiger partial charge in [0, 0.05) is 17.7 Å². The monoisotopic (exact) mass is 378 g/mol. The van der Waals surface area contributed by atoms with Crippen LogP contribution in [-0.2, 0) is 12.0 Å². The Balaban J connectivity index is 1.88. The average Bonchev–Trinajstić information content (AvgIpc) is 2.57. The van der Waals surface area contributed by atoms with Crippen LogP contribution < -0.4 is 5.73 Å². The first kappa shape index (κ1) is 17.8. The third-order valence-electron chi connectivity index (χ3n) is 4.09. The molecule has 3 rings (SSSR count). The van der Waals surface area contributed by atoms with Crippen LogP contribution in [0.1, 0.15) is 35.0 Å². The van der Waals surface area contributed by atoms with Gasteiger partial charge in [0.15, 0.2) is 16.1 Å².